The van der Waals surface area contributed by atoms with E-state index in [4.69, 9.17) is 17.3 Å². The van der Waals surface area contributed by atoms with Gasteiger partial charge in [0.15, 0.2) is 5.82 Å². The average Bonchev–Trinajstić information content (AvgIpc) is 2.28. The second-order valence-electron chi connectivity index (χ2n) is 3.17. The number of rotatable bonds is 2. The SMILES string of the molecule is Nc1ncnc(Nc2ccc(Br)cc2F)c1Cl. The maximum atomic E-state index is 13.6. The molecule has 0 fully saturated rings. The molecule has 4 nitrogen and oxygen atoms in total. The monoisotopic (exact) mass is 316 g/mol. The molecule has 0 saturated heterocycles. The van der Waals surface area contributed by atoms with E-state index >= 15 is 0 Å². The van der Waals surface area contributed by atoms with Crippen LogP contribution in [0.1, 0.15) is 0 Å². The van der Waals surface area contributed by atoms with Gasteiger partial charge < -0.3 is 11.1 Å². The van der Waals surface area contributed by atoms with Crippen LogP contribution in [0.25, 0.3) is 0 Å². The highest BCUT2D eigenvalue weighted by molar-refractivity contribution is 9.10. The molecule has 1 aromatic carbocycles. The van der Waals surface area contributed by atoms with Gasteiger partial charge in [-0.15, -0.1) is 0 Å². The summed E-state index contributed by atoms with van der Waals surface area (Å²) in [6.07, 6.45) is 1.25. The van der Waals surface area contributed by atoms with Crippen molar-refractivity contribution in [3.05, 3.63) is 39.8 Å². The van der Waals surface area contributed by atoms with E-state index in [1.165, 1.54) is 12.4 Å². The normalized spacial score (nSPS) is 10.3. The number of hydrogen-bond donors (Lipinski definition) is 2. The first-order valence-corrected chi connectivity index (χ1v) is 5.73. The van der Waals surface area contributed by atoms with E-state index in [1.54, 1.807) is 12.1 Å². The highest BCUT2D eigenvalue weighted by atomic mass is 79.9. The lowest BCUT2D eigenvalue weighted by Gasteiger charge is -2.09. The van der Waals surface area contributed by atoms with Crippen LogP contribution in [-0.2, 0) is 0 Å². The van der Waals surface area contributed by atoms with Crippen molar-refractivity contribution in [2.24, 2.45) is 0 Å². The Morgan fingerprint density at radius 1 is 1.35 bits per heavy atom. The zero-order valence-electron chi connectivity index (χ0n) is 8.42. The van der Waals surface area contributed by atoms with Crippen molar-refractivity contribution in [3.8, 4) is 0 Å². The number of anilines is 3. The van der Waals surface area contributed by atoms with Gasteiger partial charge in [-0.1, -0.05) is 27.5 Å². The fourth-order valence-electron chi connectivity index (χ4n) is 1.19. The lowest BCUT2D eigenvalue weighted by atomic mass is 10.3. The Bertz CT molecular complexity index is 564. The van der Waals surface area contributed by atoms with Crippen LogP contribution in [-0.4, -0.2) is 9.97 Å². The molecule has 1 heterocycles. The van der Waals surface area contributed by atoms with Gasteiger partial charge in [-0.2, -0.15) is 0 Å². The summed E-state index contributed by atoms with van der Waals surface area (Å²) in [5.41, 5.74) is 5.77. The summed E-state index contributed by atoms with van der Waals surface area (Å²) in [6, 6.07) is 4.60. The number of halogens is 3. The average molecular weight is 318 g/mol. The van der Waals surface area contributed by atoms with Crippen LogP contribution in [0, 0.1) is 5.82 Å². The zero-order chi connectivity index (χ0) is 12.4. The summed E-state index contributed by atoms with van der Waals surface area (Å²) in [7, 11) is 0. The molecule has 17 heavy (non-hydrogen) atoms. The molecule has 0 atom stereocenters. The minimum atomic E-state index is -0.423. The van der Waals surface area contributed by atoms with Gasteiger partial charge in [-0.3, -0.25) is 0 Å². The van der Waals surface area contributed by atoms with Gasteiger partial charge in [0.25, 0.3) is 0 Å². The zero-order valence-corrected chi connectivity index (χ0v) is 10.8. The van der Waals surface area contributed by atoms with Gasteiger partial charge >= 0.3 is 0 Å². The summed E-state index contributed by atoms with van der Waals surface area (Å²) in [6.45, 7) is 0. The van der Waals surface area contributed by atoms with Crippen LogP contribution >= 0.6 is 27.5 Å². The summed E-state index contributed by atoms with van der Waals surface area (Å²) in [5, 5.41) is 2.91. The molecular weight excluding hydrogens is 310 g/mol. The Labute approximate surface area is 110 Å². The first-order valence-electron chi connectivity index (χ1n) is 4.56. The van der Waals surface area contributed by atoms with Crippen molar-refractivity contribution in [2.45, 2.75) is 0 Å². The molecule has 0 radical (unpaired) electrons. The second-order valence-corrected chi connectivity index (χ2v) is 4.46. The van der Waals surface area contributed by atoms with Crippen molar-refractivity contribution in [3.63, 3.8) is 0 Å². The largest absolute Gasteiger partial charge is 0.382 e. The molecule has 0 aliphatic heterocycles. The van der Waals surface area contributed by atoms with E-state index in [0.717, 1.165) is 0 Å². The quantitative estimate of drug-likeness (QED) is 0.891. The lowest BCUT2D eigenvalue weighted by Crippen LogP contribution is -2.00. The van der Waals surface area contributed by atoms with Crippen LogP contribution in [0.3, 0.4) is 0 Å². The Morgan fingerprint density at radius 2 is 2.12 bits per heavy atom. The number of benzene rings is 1. The van der Waals surface area contributed by atoms with Crippen molar-refractivity contribution in [2.75, 3.05) is 11.1 Å². The molecular formula is C10H7BrClFN4. The molecule has 0 amide bonds. The second kappa shape index (κ2) is 4.85. The molecule has 0 spiro atoms. The summed E-state index contributed by atoms with van der Waals surface area (Å²) in [4.78, 5) is 7.60. The number of nitrogen functional groups attached to an aromatic ring is 1. The third-order valence-corrected chi connectivity index (χ3v) is 2.87. The minimum absolute atomic E-state index is 0.140. The summed E-state index contributed by atoms with van der Waals surface area (Å²) < 4.78 is 14.2. The van der Waals surface area contributed by atoms with E-state index in [2.05, 4.69) is 31.2 Å². The van der Waals surface area contributed by atoms with E-state index in [0.29, 0.717) is 4.47 Å². The summed E-state index contributed by atoms with van der Waals surface area (Å²) in [5.74, 6) is -0.0188. The fourth-order valence-corrected chi connectivity index (χ4v) is 1.67. The van der Waals surface area contributed by atoms with Crippen molar-refractivity contribution < 1.29 is 4.39 Å². The molecule has 2 aromatic rings. The Balaban J connectivity index is 2.35. The maximum Gasteiger partial charge on any atom is 0.154 e. The highest BCUT2D eigenvalue weighted by Crippen LogP contribution is 2.28. The minimum Gasteiger partial charge on any atom is -0.382 e. The molecule has 88 valence electrons. The fraction of sp³-hybridized carbons (Fsp3) is 0. The Hall–Kier alpha value is -1.40. The van der Waals surface area contributed by atoms with Crippen molar-refractivity contribution in [1.82, 2.24) is 9.97 Å². The van der Waals surface area contributed by atoms with Gasteiger partial charge in [0.1, 0.15) is 23.0 Å². The maximum absolute atomic E-state index is 13.6. The van der Waals surface area contributed by atoms with Crippen molar-refractivity contribution >= 4 is 44.9 Å². The molecule has 1 aromatic heterocycles. The number of nitrogens with zero attached hydrogens (tertiary/aromatic N) is 2. The number of nitrogens with two attached hydrogens (primary N) is 1. The molecule has 3 N–H and O–H groups in total. The van der Waals surface area contributed by atoms with E-state index < -0.39 is 5.82 Å². The molecule has 0 aliphatic carbocycles. The van der Waals surface area contributed by atoms with E-state index in [-0.39, 0.29) is 22.3 Å². The molecule has 0 unspecified atom stereocenters. The third kappa shape index (κ3) is 2.65. The van der Waals surface area contributed by atoms with Crippen LogP contribution < -0.4 is 11.1 Å². The Morgan fingerprint density at radius 3 is 2.82 bits per heavy atom. The predicted molar refractivity (Wildman–Crippen MR) is 68.8 cm³/mol. The first-order chi connectivity index (χ1) is 8.08. The van der Waals surface area contributed by atoms with Gasteiger partial charge in [-0.25, -0.2) is 14.4 Å². The lowest BCUT2D eigenvalue weighted by molar-refractivity contribution is 0.631. The molecule has 7 heteroatoms. The van der Waals surface area contributed by atoms with Crippen LogP contribution in [0.4, 0.5) is 21.7 Å². The smallest absolute Gasteiger partial charge is 0.154 e. The summed E-state index contributed by atoms with van der Waals surface area (Å²) >= 11 is 9.05. The van der Waals surface area contributed by atoms with Crippen LogP contribution in [0.15, 0.2) is 29.0 Å². The molecule has 0 aliphatic rings. The molecule has 2 rings (SSSR count). The third-order valence-electron chi connectivity index (χ3n) is 2.00. The number of nitrogens with one attached hydrogen (secondary N) is 1. The number of hydrogen-bond acceptors (Lipinski definition) is 4. The standard InChI is InChI=1S/C10H7BrClFN4/c11-5-1-2-7(6(13)3-5)17-10-8(12)9(14)15-4-16-10/h1-4H,(H3,14,15,16,17). The van der Waals surface area contributed by atoms with Gasteiger partial charge in [0, 0.05) is 4.47 Å². The van der Waals surface area contributed by atoms with E-state index in [1.807, 2.05) is 0 Å². The highest BCUT2D eigenvalue weighted by Gasteiger charge is 2.09. The van der Waals surface area contributed by atoms with E-state index in [9.17, 15) is 4.39 Å². The molecule has 0 bridgehead atoms. The molecule has 0 saturated carbocycles. The van der Waals surface area contributed by atoms with Gasteiger partial charge in [0.2, 0.25) is 0 Å². The van der Waals surface area contributed by atoms with Crippen molar-refractivity contribution in [1.29, 1.82) is 0 Å². The van der Waals surface area contributed by atoms with Gasteiger partial charge in [0.05, 0.1) is 5.69 Å². The topological polar surface area (TPSA) is 63.8 Å². The predicted octanol–water partition coefficient (Wildman–Crippen LogP) is 3.36. The Kier molecular flexibility index (Phi) is 3.44. The van der Waals surface area contributed by atoms with Crippen LogP contribution in [0.2, 0.25) is 5.02 Å². The van der Waals surface area contributed by atoms with Gasteiger partial charge in [-0.05, 0) is 18.2 Å². The first kappa shape index (κ1) is 12.1. The van der Waals surface area contributed by atoms with Crippen LogP contribution in [0.5, 0.6) is 0 Å². The number of aromatic nitrogens is 2.